The van der Waals surface area contributed by atoms with E-state index in [1.54, 1.807) is 13.0 Å². The number of hydrogen-bond acceptors (Lipinski definition) is 5. The van der Waals surface area contributed by atoms with E-state index in [2.05, 4.69) is 5.32 Å². The first kappa shape index (κ1) is 16.6. The Morgan fingerprint density at radius 1 is 1.26 bits per heavy atom. The summed E-state index contributed by atoms with van der Waals surface area (Å²) in [6.07, 6.45) is 0. The van der Waals surface area contributed by atoms with Gasteiger partial charge in [0.1, 0.15) is 11.5 Å². The van der Waals surface area contributed by atoms with Crippen molar-refractivity contribution < 1.29 is 24.2 Å². The van der Waals surface area contributed by atoms with Crippen molar-refractivity contribution in [1.29, 1.82) is 0 Å². The lowest BCUT2D eigenvalue weighted by Gasteiger charge is -2.08. The predicted molar refractivity (Wildman–Crippen MR) is 82.0 cm³/mol. The Hall–Kier alpha value is -2.78. The van der Waals surface area contributed by atoms with E-state index >= 15 is 0 Å². The number of nitrogens with one attached hydrogen (secondary N) is 1. The molecule has 23 heavy (non-hydrogen) atoms. The van der Waals surface area contributed by atoms with Gasteiger partial charge in [-0.05, 0) is 30.7 Å². The van der Waals surface area contributed by atoms with E-state index in [1.165, 1.54) is 18.2 Å². The van der Waals surface area contributed by atoms with Crippen LogP contribution < -0.4 is 10.8 Å². The first-order valence-corrected chi connectivity index (χ1v) is 6.51. The summed E-state index contributed by atoms with van der Waals surface area (Å²) in [4.78, 5) is 22.5. The highest BCUT2D eigenvalue weighted by Gasteiger charge is 2.20. The lowest BCUT2D eigenvalue weighted by molar-refractivity contribution is -0.384. The molecule has 2 aromatic rings. The smallest absolute Gasteiger partial charge is 0.423 e. The Bertz CT molecular complexity index is 782. The van der Waals surface area contributed by atoms with Gasteiger partial charge in [0.25, 0.3) is 11.6 Å². The van der Waals surface area contributed by atoms with Gasteiger partial charge in [0.2, 0.25) is 0 Å². The molecule has 2 rings (SSSR count). The van der Waals surface area contributed by atoms with E-state index in [-0.39, 0.29) is 22.4 Å². The third-order valence-corrected chi connectivity index (χ3v) is 3.14. The maximum absolute atomic E-state index is 13.7. The molecule has 0 spiro atoms. The van der Waals surface area contributed by atoms with Crippen LogP contribution in [-0.2, 0) is 0 Å². The van der Waals surface area contributed by atoms with Crippen LogP contribution in [0.15, 0.2) is 36.4 Å². The summed E-state index contributed by atoms with van der Waals surface area (Å²) in [6.45, 7) is 1.67. The van der Waals surface area contributed by atoms with E-state index in [9.17, 15) is 19.3 Å². The van der Waals surface area contributed by atoms with Crippen LogP contribution >= 0.6 is 0 Å². The molecule has 0 saturated carbocycles. The second-order valence-electron chi connectivity index (χ2n) is 4.84. The molecule has 3 N–H and O–H groups in total. The van der Waals surface area contributed by atoms with E-state index in [4.69, 9.17) is 10.0 Å². The Kier molecular flexibility index (Phi) is 4.72. The molecule has 1 amide bonds. The minimum absolute atomic E-state index is 0.0164. The monoisotopic (exact) mass is 318 g/mol. The van der Waals surface area contributed by atoms with Gasteiger partial charge in [-0.3, -0.25) is 14.9 Å². The van der Waals surface area contributed by atoms with Gasteiger partial charge in [0.15, 0.2) is 0 Å². The fourth-order valence-corrected chi connectivity index (χ4v) is 1.97. The van der Waals surface area contributed by atoms with Crippen LogP contribution in [0.1, 0.15) is 15.9 Å². The largest absolute Gasteiger partial charge is 0.491 e. The zero-order valence-corrected chi connectivity index (χ0v) is 12.0. The zero-order chi connectivity index (χ0) is 17.1. The predicted octanol–water partition coefficient (Wildman–Crippen LogP) is 0.974. The highest BCUT2D eigenvalue weighted by Crippen LogP contribution is 2.25. The summed E-state index contributed by atoms with van der Waals surface area (Å²) < 4.78 is 13.7. The lowest BCUT2D eigenvalue weighted by Crippen LogP contribution is -2.33. The maximum atomic E-state index is 13.7. The molecule has 0 aromatic heterocycles. The van der Waals surface area contributed by atoms with Crippen LogP contribution in [0.2, 0.25) is 0 Å². The zero-order valence-electron chi connectivity index (χ0n) is 12.0. The molecule has 0 aliphatic heterocycles. The number of hydrogen-bond donors (Lipinski definition) is 3. The molecular formula is C14H12BFN2O5. The SMILES string of the molecule is Cc1ccc(NC(=O)c2ccc(B(O)O)c(F)c2)c([N+](=O)[O-])c1. The Balaban J connectivity index is 2.30. The molecule has 9 heteroatoms. The molecule has 0 saturated heterocycles. The third kappa shape index (κ3) is 3.71. The van der Waals surface area contributed by atoms with Crippen LogP contribution in [0.5, 0.6) is 0 Å². The minimum atomic E-state index is -2.00. The van der Waals surface area contributed by atoms with Gasteiger partial charge >= 0.3 is 7.12 Å². The van der Waals surface area contributed by atoms with E-state index in [0.29, 0.717) is 5.56 Å². The molecule has 7 nitrogen and oxygen atoms in total. The topological polar surface area (TPSA) is 113 Å². The fourth-order valence-electron chi connectivity index (χ4n) is 1.97. The molecule has 0 aliphatic rings. The van der Waals surface area contributed by atoms with E-state index in [0.717, 1.165) is 12.1 Å². The highest BCUT2D eigenvalue weighted by atomic mass is 19.1. The highest BCUT2D eigenvalue weighted by molar-refractivity contribution is 6.58. The van der Waals surface area contributed by atoms with Crippen LogP contribution in [-0.4, -0.2) is 28.0 Å². The number of amides is 1. The van der Waals surface area contributed by atoms with Crippen molar-refractivity contribution in [2.75, 3.05) is 5.32 Å². The van der Waals surface area contributed by atoms with Crippen LogP contribution in [0.4, 0.5) is 15.8 Å². The van der Waals surface area contributed by atoms with Gasteiger partial charge < -0.3 is 15.4 Å². The lowest BCUT2D eigenvalue weighted by atomic mass is 9.79. The maximum Gasteiger partial charge on any atom is 0.491 e. The number of aryl methyl sites for hydroxylation is 1. The first-order valence-electron chi connectivity index (χ1n) is 6.51. The fraction of sp³-hybridized carbons (Fsp3) is 0.0714. The number of nitro benzene ring substituents is 1. The first-order chi connectivity index (χ1) is 10.8. The molecule has 0 radical (unpaired) electrons. The standard InChI is InChI=1S/C14H12BFN2O5/c1-8-2-5-12(13(6-8)18(22)23)17-14(19)9-3-4-10(15(20)21)11(16)7-9/h2-7,20-21H,1H3,(H,17,19). The van der Waals surface area contributed by atoms with E-state index in [1.807, 2.05) is 0 Å². The van der Waals surface area contributed by atoms with Gasteiger partial charge in [0, 0.05) is 17.1 Å². The van der Waals surface area contributed by atoms with E-state index < -0.39 is 23.8 Å². The van der Waals surface area contributed by atoms with Gasteiger partial charge in [-0.25, -0.2) is 4.39 Å². The van der Waals surface area contributed by atoms with Crippen molar-refractivity contribution in [1.82, 2.24) is 0 Å². The summed E-state index contributed by atoms with van der Waals surface area (Å²) in [5.41, 5.74) is -0.120. The van der Waals surface area contributed by atoms with Crippen LogP contribution in [0.25, 0.3) is 0 Å². The second-order valence-corrected chi connectivity index (χ2v) is 4.84. The minimum Gasteiger partial charge on any atom is -0.423 e. The number of nitro groups is 1. The van der Waals surface area contributed by atoms with Crippen molar-refractivity contribution in [2.45, 2.75) is 6.92 Å². The van der Waals surface area contributed by atoms with Gasteiger partial charge in [-0.15, -0.1) is 0 Å². The molecule has 2 aromatic carbocycles. The summed E-state index contributed by atoms with van der Waals surface area (Å²) in [6, 6.07) is 7.35. The van der Waals surface area contributed by atoms with Crippen molar-refractivity contribution >= 4 is 29.9 Å². The van der Waals surface area contributed by atoms with Crippen molar-refractivity contribution in [3.8, 4) is 0 Å². The average Bonchev–Trinajstić information content (AvgIpc) is 2.48. The van der Waals surface area contributed by atoms with Crippen molar-refractivity contribution in [3.05, 3.63) is 63.5 Å². The Morgan fingerprint density at radius 3 is 2.52 bits per heavy atom. The molecule has 0 heterocycles. The normalized spacial score (nSPS) is 10.3. The number of carbonyl (C=O) groups excluding carboxylic acids is 1. The number of carbonyl (C=O) groups is 1. The molecule has 0 bridgehead atoms. The van der Waals surface area contributed by atoms with Crippen molar-refractivity contribution in [3.63, 3.8) is 0 Å². The molecule has 0 fully saturated rings. The van der Waals surface area contributed by atoms with Gasteiger partial charge in [-0.2, -0.15) is 0 Å². The number of halogens is 1. The molecule has 0 atom stereocenters. The van der Waals surface area contributed by atoms with Gasteiger partial charge in [0.05, 0.1) is 4.92 Å². The van der Waals surface area contributed by atoms with Crippen molar-refractivity contribution in [2.24, 2.45) is 0 Å². The Morgan fingerprint density at radius 2 is 1.96 bits per heavy atom. The van der Waals surface area contributed by atoms with Crippen LogP contribution in [0.3, 0.4) is 0 Å². The molecule has 0 aliphatic carbocycles. The number of rotatable bonds is 4. The summed E-state index contributed by atoms with van der Waals surface area (Å²) >= 11 is 0. The second kappa shape index (κ2) is 6.55. The number of anilines is 1. The molecule has 118 valence electrons. The third-order valence-electron chi connectivity index (χ3n) is 3.14. The summed E-state index contributed by atoms with van der Waals surface area (Å²) in [5.74, 6) is -1.72. The summed E-state index contributed by atoms with van der Waals surface area (Å²) in [7, 11) is -2.00. The summed E-state index contributed by atoms with van der Waals surface area (Å²) in [5, 5.41) is 31.2. The van der Waals surface area contributed by atoms with Crippen LogP contribution in [0, 0.1) is 22.9 Å². The molecule has 0 unspecified atom stereocenters. The number of nitrogens with zero attached hydrogens (tertiary/aromatic N) is 1. The Labute approximate surface area is 130 Å². The average molecular weight is 318 g/mol. The molecular weight excluding hydrogens is 306 g/mol. The number of benzene rings is 2. The quantitative estimate of drug-likeness (QED) is 0.442. The van der Waals surface area contributed by atoms with Gasteiger partial charge in [-0.1, -0.05) is 12.1 Å².